The molecule has 0 atom stereocenters. The molecule has 1 N–H and O–H groups in total. The van der Waals surface area contributed by atoms with Gasteiger partial charge in [-0.2, -0.15) is 0 Å². The Bertz CT molecular complexity index is 636. The molecule has 0 saturated carbocycles. The zero-order chi connectivity index (χ0) is 16.1. The highest BCUT2D eigenvalue weighted by molar-refractivity contribution is 5.92. The minimum Gasteiger partial charge on any atom is -0.353 e. The molecule has 1 aliphatic heterocycles. The van der Waals surface area contributed by atoms with Gasteiger partial charge < -0.3 is 15.1 Å². The number of piperazine rings is 1. The molecule has 0 aliphatic carbocycles. The number of carbonyl (C=O) groups excluding carboxylic acids is 1. The van der Waals surface area contributed by atoms with E-state index in [9.17, 15) is 4.79 Å². The highest BCUT2D eigenvalue weighted by atomic mass is 16.1. The number of aromatic nitrogens is 2. The fourth-order valence-corrected chi connectivity index (χ4v) is 2.52. The zero-order valence-corrected chi connectivity index (χ0v) is 13.3. The second kappa shape index (κ2) is 7.19. The van der Waals surface area contributed by atoms with Crippen LogP contribution in [0.4, 0.5) is 5.82 Å². The van der Waals surface area contributed by atoms with Crippen molar-refractivity contribution in [1.29, 1.82) is 0 Å². The van der Waals surface area contributed by atoms with Crippen LogP contribution in [0.5, 0.6) is 0 Å². The lowest BCUT2D eigenvalue weighted by molar-refractivity contribution is 0.0945. The third-order valence-corrected chi connectivity index (χ3v) is 4.01. The fourth-order valence-electron chi connectivity index (χ4n) is 2.52. The summed E-state index contributed by atoms with van der Waals surface area (Å²) in [6, 6.07) is 13.4. The first-order valence-corrected chi connectivity index (χ1v) is 7.82. The molecular formula is C17H21N5O. The Kier molecular flexibility index (Phi) is 4.83. The zero-order valence-electron chi connectivity index (χ0n) is 13.3. The van der Waals surface area contributed by atoms with Crippen LogP contribution in [0.25, 0.3) is 0 Å². The average Bonchev–Trinajstić information content (AvgIpc) is 2.61. The van der Waals surface area contributed by atoms with E-state index in [4.69, 9.17) is 0 Å². The minimum atomic E-state index is -0.203. The Morgan fingerprint density at radius 1 is 1.04 bits per heavy atom. The summed E-state index contributed by atoms with van der Waals surface area (Å²) in [7, 11) is 2.11. The maximum absolute atomic E-state index is 12.1. The number of amides is 1. The van der Waals surface area contributed by atoms with Gasteiger partial charge in [-0.1, -0.05) is 30.3 Å². The molecular weight excluding hydrogens is 290 g/mol. The van der Waals surface area contributed by atoms with Crippen molar-refractivity contribution in [1.82, 2.24) is 20.4 Å². The lowest BCUT2D eigenvalue weighted by Gasteiger charge is -2.32. The number of anilines is 1. The lowest BCUT2D eigenvalue weighted by atomic mass is 10.2. The highest BCUT2D eigenvalue weighted by Gasteiger charge is 2.16. The minimum absolute atomic E-state index is 0.203. The molecule has 6 nitrogen and oxygen atoms in total. The van der Waals surface area contributed by atoms with E-state index in [0.717, 1.165) is 37.6 Å². The molecule has 0 radical (unpaired) electrons. The third-order valence-electron chi connectivity index (χ3n) is 4.01. The van der Waals surface area contributed by atoms with E-state index in [0.29, 0.717) is 12.2 Å². The average molecular weight is 311 g/mol. The Labute approximate surface area is 136 Å². The Hall–Kier alpha value is -2.47. The molecule has 120 valence electrons. The van der Waals surface area contributed by atoms with Gasteiger partial charge in [-0.3, -0.25) is 4.79 Å². The van der Waals surface area contributed by atoms with Crippen LogP contribution in [0.3, 0.4) is 0 Å². The number of hydrogen-bond donors (Lipinski definition) is 1. The molecule has 23 heavy (non-hydrogen) atoms. The van der Waals surface area contributed by atoms with Crippen LogP contribution in [0, 0.1) is 0 Å². The van der Waals surface area contributed by atoms with Gasteiger partial charge in [0.25, 0.3) is 5.91 Å². The predicted octanol–water partition coefficient (Wildman–Crippen LogP) is 1.16. The topological polar surface area (TPSA) is 61.4 Å². The quantitative estimate of drug-likeness (QED) is 0.918. The van der Waals surface area contributed by atoms with E-state index < -0.39 is 0 Å². The van der Waals surface area contributed by atoms with Crippen LogP contribution in [-0.4, -0.2) is 54.2 Å². The summed E-state index contributed by atoms with van der Waals surface area (Å²) in [4.78, 5) is 16.6. The second-order valence-corrected chi connectivity index (χ2v) is 5.74. The smallest absolute Gasteiger partial charge is 0.272 e. The van der Waals surface area contributed by atoms with E-state index in [1.807, 2.05) is 36.4 Å². The van der Waals surface area contributed by atoms with Crippen molar-refractivity contribution in [2.45, 2.75) is 6.54 Å². The molecule has 1 saturated heterocycles. The molecule has 1 aliphatic rings. The van der Waals surface area contributed by atoms with E-state index in [1.165, 1.54) is 0 Å². The molecule has 1 amide bonds. The maximum atomic E-state index is 12.1. The van der Waals surface area contributed by atoms with Crippen LogP contribution in [0.1, 0.15) is 16.1 Å². The first kappa shape index (κ1) is 15.4. The summed E-state index contributed by atoms with van der Waals surface area (Å²) in [5.41, 5.74) is 1.40. The number of nitrogens with zero attached hydrogens (tertiary/aromatic N) is 4. The molecule has 0 bridgehead atoms. The fraction of sp³-hybridized carbons (Fsp3) is 0.353. The summed E-state index contributed by atoms with van der Waals surface area (Å²) in [5.74, 6) is 0.629. The summed E-state index contributed by atoms with van der Waals surface area (Å²) in [6.07, 6.45) is 0. The van der Waals surface area contributed by atoms with Gasteiger partial charge in [0.15, 0.2) is 11.5 Å². The second-order valence-electron chi connectivity index (χ2n) is 5.74. The largest absolute Gasteiger partial charge is 0.353 e. The molecule has 2 aromatic rings. The van der Waals surface area contributed by atoms with Crippen molar-refractivity contribution in [3.63, 3.8) is 0 Å². The maximum Gasteiger partial charge on any atom is 0.272 e. The SMILES string of the molecule is CN1CCN(c2ccc(C(=O)NCc3ccccc3)nn2)CC1. The van der Waals surface area contributed by atoms with Gasteiger partial charge in [-0.15, -0.1) is 10.2 Å². The summed E-state index contributed by atoms with van der Waals surface area (Å²) in [6.45, 7) is 4.39. The Morgan fingerprint density at radius 3 is 2.43 bits per heavy atom. The van der Waals surface area contributed by atoms with Gasteiger partial charge in [0.2, 0.25) is 0 Å². The Balaban J connectivity index is 1.57. The van der Waals surface area contributed by atoms with E-state index in [1.54, 1.807) is 6.07 Å². The van der Waals surface area contributed by atoms with E-state index >= 15 is 0 Å². The van der Waals surface area contributed by atoms with Crippen LogP contribution in [0.2, 0.25) is 0 Å². The highest BCUT2D eigenvalue weighted by Crippen LogP contribution is 2.12. The predicted molar refractivity (Wildman–Crippen MR) is 89.4 cm³/mol. The number of likely N-dealkylation sites (N-methyl/N-ethyl adjacent to an activating group) is 1. The molecule has 1 fully saturated rings. The first-order chi connectivity index (χ1) is 11.2. The van der Waals surface area contributed by atoms with Crippen molar-refractivity contribution < 1.29 is 4.79 Å². The standard InChI is InChI=1S/C17H21N5O/c1-21-9-11-22(12-10-21)16-8-7-15(19-20-16)17(23)18-13-14-5-3-2-4-6-14/h2-8H,9-13H2,1H3,(H,18,23). The van der Waals surface area contributed by atoms with Gasteiger partial charge >= 0.3 is 0 Å². The van der Waals surface area contributed by atoms with Crippen LogP contribution in [0.15, 0.2) is 42.5 Å². The summed E-state index contributed by atoms with van der Waals surface area (Å²) in [5, 5.41) is 11.1. The number of hydrogen-bond acceptors (Lipinski definition) is 5. The molecule has 2 heterocycles. The number of nitrogens with one attached hydrogen (secondary N) is 1. The van der Waals surface area contributed by atoms with Crippen molar-refractivity contribution in [3.8, 4) is 0 Å². The molecule has 1 aromatic heterocycles. The normalized spacial score (nSPS) is 15.4. The molecule has 0 unspecified atom stereocenters. The summed E-state index contributed by atoms with van der Waals surface area (Å²) >= 11 is 0. The van der Waals surface area contributed by atoms with Crippen molar-refractivity contribution >= 4 is 11.7 Å². The third kappa shape index (κ3) is 4.04. The van der Waals surface area contributed by atoms with Crippen molar-refractivity contribution in [3.05, 3.63) is 53.7 Å². The lowest BCUT2D eigenvalue weighted by Crippen LogP contribution is -2.44. The molecule has 6 heteroatoms. The van der Waals surface area contributed by atoms with E-state index in [-0.39, 0.29) is 5.91 Å². The van der Waals surface area contributed by atoms with Gasteiger partial charge in [0.1, 0.15) is 0 Å². The number of benzene rings is 1. The van der Waals surface area contributed by atoms with Crippen molar-refractivity contribution in [2.24, 2.45) is 0 Å². The van der Waals surface area contributed by atoms with Gasteiger partial charge in [-0.25, -0.2) is 0 Å². The van der Waals surface area contributed by atoms with Gasteiger partial charge in [0, 0.05) is 32.7 Å². The number of rotatable bonds is 4. The van der Waals surface area contributed by atoms with Crippen LogP contribution >= 0.6 is 0 Å². The van der Waals surface area contributed by atoms with E-state index in [2.05, 4.69) is 32.4 Å². The Morgan fingerprint density at radius 2 is 1.78 bits per heavy atom. The monoisotopic (exact) mass is 311 g/mol. The number of carbonyl (C=O) groups is 1. The van der Waals surface area contributed by atoms with Crippen LogP contribution < -0.4 is 10.2 Å². The molecule has 0 spiro atoms. The van der Waals surface area contributed by atoms with Gasteiger partial charge in [0.05, 0.1) is 0 Å². The summed E-state index contributed by atoms with van der Waals surface area (Å²) < 4.78 is 0. The van der Waals surface area contributed by atoms with Crippen molar-refractivity contribution in [2.75, 3.05) is 38.1 Å². The first-order valence-electron chi connectivity index (χ1n) is 7.82. The molecule has 3 rings (SSSR count). The molecule has 1 aromatic carbocycles. The van der Waals surface area contributed by atoms with Crippen LogP contribution in [-0.2, 0) is 6.54 Å². The van der Waals surface area contributed by atoms with Gasteiger partial charge in [-0.05, 0) is 24.7 Å².